The van der Waals surface area contributed by atoms with Gasteiger partial charge >= 0.3 is 0 Å². The predicted molar refractivity (Wildman–Crippen MR) is 66.1 cm³/mol. The average molecular weight is 237 g/mol. The zero-order valence-corrected chi connectivity index (χ0v) is 10.2. The summed E-state index contributed by atoms with van der Waals surface area (Å²) in [4.78, 5) is 0. The molecule has 0 unspecified atom stereocenters. The minimum absolute atomic E-state index is 0.649. The quantitative estimate of drug-likeness (QED) is 0.734. The summed E-state index contributed by atoms with van der Waals surface area (Å²) in [5, 5.41) is 3.33. The predicted octanol–water partition coefficient (Wildman–Crippen LogP) is 1.79. The van der Waals surface area contributed by atoms with Crippen LogP contribution in [0.2, 0.25) is 0 Å². The fourth-order valence-electron chi connectivity index (χ4n) is 1.79. The van der Waals surface area contributed by atoms with Gasteiger partial charge < -0.3 is 19.5 Å². The third-order valence-electron chi connectivity index (χ3n) is 2.73. The molecule has 0 radical (unpaired) electrons. The number of hydrogen-bond donors (Lipinski definition) is 1. The largest absolute Gasteiger partial charge is 0.383 e. The summed E-state index contributed by atoms with van der Waals surface area (Å²) in [5.41, 5.74) is 3.71. The van der Waals surface area contributed by atoms with Crippen molar-refractivity contribution in [3.8, 4) is 0 Å². The minimum atomic E-state index is 0.649. The van der Waals surface area contributed by atoms with Gasteiger partial charge in [0.2, 0.25) is 0 Å². The molecule has 1 heterocycles. The summed E-state index contributed by atoms with van der Waals surface area (Å²) in [6, 6.07) is 6.36. The lowest BCUT2D eigenvalue weighted by Crippen LogP contribution is -2.12. The van der Waals surface area contributed by atoms with Crippen LogP contribution in [0.1, 0.15) is 11.1 Å². The van der Waals surface area contributed by atoms with E-state index >= 15 is 0 Å². The van der Waals surface area contributed by atoms with Crippen LogP contribution in [0.25, 0.3) is 0 Å². The lowest BCUT2D eigenvalue weighted by molar-refractivity contribution is 0.0759. The van der Waals surface area contributed by atoms with Crippen molar-refractivity contribution in [3.63, 3.8) is 0 Å². The molecule has 0 aromatic heterocycles. The topological polar surface area (TPSA) is 39.7 Å². The molecule has 4 nitrogen and oxygen atoms in total. The Hall–Kier alpha value is -1.10. The monoisotopic (exact) mass is 237 g/mol. The van der Waals surface area contributed by atoms with Crippen LogP contribution in [-0.2, 0) is 27.4 Å². The fraction of sp³-hybridized carbons (Fsp3) is 0.538. The van der Waals surface area contributed by atoms with E-state index in [1.54, 1.807) is 7.11 Å². The van der Waals surface area contributed by atoms with Crippen LogP contribution in [0.15, 0.2) is 18.2 Å². The number of nitrogens with one attached hydrogen (secondary N) is 1. The van der Waals surface area contributed by atoms with E-state index in [-0.39, 0.29) is 0 Å². The van der Waals surface area contributed by atoms with Gasteiger partial charge in [-0.1, -0.05) is 6.07 Å². The molecule has 0 bridgehead atoms. The summed E-state index contributed by atoms with van der Waals surface area (Å²) in [7, 11) is 1.67. The molecule has 1 aliphatic rings. The smallest absolute Gasteiger partial charge is 0.0725 e. The first-order valence-corrected chi connectivity index (χ1v) is 5.90. The molecule has 0 fully saturated rings. The summed E-state index contributed by atoms with van der Waals surface area (Å²) in [6.07, 6.45) is 0. The van der Waals surface area contributed by atoms with E-state index in [2.05, 4.69) is 23.5 Å². The molecular formula is C13H19NO3. The van der Waals surface area contributed by atoms with E-state index in [1.807, 2.05) is 0 Å². The molecular weight excluding hydrogens is 218 g/mol. The number of anilines is 1. The van der Waals surface area contributed by atoms with Gasteiger partial charge in [0, 0.05) is 19.3 Å². The second-order valence-electron chi connectivity index (χ2n) is 4.01. The van der Waals surface area contributed by atoms with Crippen molar-refractivity contribution >= 4 is 5.69 Å². The summed E-state index contributed by atoms with van der Waals surface area (Å²) in [6.45, 7) is 4.28. The Labute approximate surface area is 102 Å². The van der Waals surface area contributed by atoms with Crippen LogP contribution in [0.5, 0.6) is 0 Å². The molecule has 1 N–H and O–H groups in total. The number of hydrogen-bond acceptors (Lipinski definition) is 4. The minimum Gasteiger partial charge on any atom is -0.383 e. The van der Waals surface area contributed by atoms with Gasteiger partial charge in [-0.05, 0) is 23.3 Å². The van der Waals surface area contributed by atoms with E-state index < -0.39 is 0 Å². The summed E-state index contributed by atoms with van der Waals surface area (Å²) >= 11 is 0. The van der Waals surface area contributed by atoms with Crippen LogP contribution in [-0.4, -0.2) is 33.5 Å². The molecule has 0 amide bonds. The highest BCUT2D eigenvalue weighted by molar-refractivity contribution is 5.49. The van der Waals surface area contributed by atoms with Crippen LogP contribution >= 0.6 is 0 Å². The SMILES string of the molecule is COCCOCCNc1ccc2c(c1)COC2. The van der Waals surface area contributed by atoms with E-state index in [0.717, 1.165) is 25.4 Å². The van der Waals surface area contributed by atoms with Crippen LogP contribution in [0.3, 0.4) is 0 Å². The summed E-state index contributed by atoms with van der Waals surface area (Å²) < 4.78 is 15.6. The van der Waals surface area contributed by atoms with Gasteiger partial charge in [-0.2, -0.15) is 0 Å². The maximum Gasteiger partial charge on any atom is 0.0725 e. The van der Waals surface area contributed by atoms with Gasteiger partial charge in [-0.15, -0.1) is 0 Å². The lowest BCUT2D eigenvalue weighted by atomic mass is 10.1. The first-order valence-electron chi connectivity index (χ1n) is 5.90. The molecule has 1 aliphatic heterocycles. The molecule has 94 valence electrons. The van der Waals surface area contributed by atoms with Crippen molar-refractivity contribution in [2.75, 3.05) is 38.8 Å². The molecule has 0 saturated carbocycles. The fourth-order valence-corrected chi connectivity index (χ4v) is 1.79. The van der Waals surface area contributed by atoms with E-state index in [9.17, 15) is 0 Å². The van der Waals surface area contributed by atoms with Crippen molar-refractivity contribution in [1.29, 1.82) is 0 Å². The molecule has 1 aromatic rings. The third-order valence-corrected chi connectivity index (χ3v) is 2.73. The van der Waals surface area contributed by atoms with Gasteiger partial charge in [0.1, 0.15) is 0 Å². The highest BCUT2D eigenvalue weighted by Crippen LogP contribution is 2.22. The Kier molecular flexibility index (Phi) is 4.79. The van der Waals surface area contributed by atoms with E-state index in [4.69, 9.17) is 14.2 Å². The van der Waals surface area contributed by atoms with Crippen molar-refractivity contribution in [2.45, 2.75) is 13.2 Å². The van der Waals surface area contributed by atoms with Gasteiger partial charge in [0.25, 0.3) is 0 Å². The van der Waals surface area contributed by atoms with Crippen molar-refractivity contribution in [2.24, 2.45) is 0 Å². The Morgan fingerprint density at radius 1 is 1.18 bits per heavy atom. The molecule has 2 rings (SSSR count). The van der Waals surface area contributed by atoms with Crippen molar-refractivity contribution < 1.29 is 14.2 Å². The van der Waals surface area contributed by atoms with Crippen molar-refractivity contribution in [3.05, 3.63) is 29.3 Å². The standard InChI is InChI=1S/C13H19NO3/c1-15-6-7-16-5-4-14-13-3-2-11-9-17-10-12(11)8-13/h2-3,8,14H,4-7,9-10H2,1H3. The number of ether oxygens (including phenoxy) is 3. The molecule has 0 saturated heterocycles. The number of methoxy groups -OCH3 is 1. The first-order chi connectivity index (χ1) is 8.40. The lowest BCUT2D eigenvalue weighted by Gasteiger charge is -2.08. The number of fused-ring (bicyclic) bond motifs is 1. The Balaban J connectivity index is 1.69. The second-order valence-corrected chi connectivity index (χ2v) is 4.01. The molecule has 0 spiro atoms. The van der Waals surface area contributed by atoms with Gasteiger partial charge in [0.05, 0.1) is 33.0 Å². The van der Waals surface area contributed by atoms with E-state index in [1.165, 1.54) is 11.1 Å². The van der Waals surface area contributed by atoms with Crippen LogP contribution in [0.4, 0.5) is 5.69 Å². The third kappa shape index (κ3) is 3.70. The molecule has 17 heavy (non-hydrogen) atoms. The van der Waals surface area contributed by atoms with Crippen LogP contribution < -0.4 is 5.32 Å². The normalized spacial score (nSPS) is 13.7. The first kappa shape index (κ1) is 12.4. The zero-order chi connectivity index (χ0) is 11.9. The Bertz CT molecular complexity index is 355. The maximum atomic E-state index is 5.38. The van der Waals surface area contributed by atoms with Crippen LogP contribution in [0, 0.1) is 0 Å². The highest BCUT2D eigenvalue weighted by Gasteiger charge is 2.10. The molecule has 0 aliphatic carbocycles. The number of benzene rings is 1. The average Bonchev–Trinajstić information content (AvgIpc) is 2.81. The Morgan fingerprint density at radius 2 is 2.06 bits per heavy atom. The Morgan fingerprint density at radius 3 is 2.94 bits per heavy atom. The molecule has 4 heteroatoms. The highest BCUT2D eigenvalue weighted by atomic mass is 16.5. The van der Waals surface area contributed by atoms with Gasteiger partial charge in [-0.25, -0.2) is 0 Å². The van der Waals surface area contributed by atoms with E-state index in [0.29, 0.717) is 19.8 Å². The molecule has 0 atom stereocenters. The van der Waals surface area contributed by atoms with Gasteiger partial charge in [0.15, 0.2) is 0 Å². The maximum absolute atomic E-state index is 5.38. The van der Waals surface area contributed by atoms with Gasteiger partial charge in [-0.3, -0.25) is 0 Å². The summed E-state index contributed by atoms with van der Waals surface area (Å²) in [5.74, 6) is 0. The second kappa shape index (κ2) is 6.59. The van der Waals surface area contributed by atoms with Crippen molar-refractivity contribution in [1.82, 2.24) is 0 Å². The zero-order valence-electron chi connectivity index (χ0n) is 10.2. The number of rotatable bonds is 7. The molecule has 1 aromatic carbocycles.